The summed E-state index contributed by atoms with van der Waals surface area (Å²) >= 11 is 1.67. The van der Waals surface area contributed by atoms with E-state index in [-0.39, 0.29) is 0 Å². The van der Waals surface area contributed by atoms with E-state index >= 15 is 0 Å². The van der Waals surface area contributed by atoms with Gasteiger partial charge in [0.05, 0.1) is 18.7 Å². The minimum absolute atomic E-state index is 0.630. The SMILES string of the molecule is c1csc(-c2cc(CC3CCNCC3)c3nc(Nc4ccc(N5CCOCC5)cc4)ncc3c2)n1. The minimum atomic E-state index is 0.630. The first-order valence-corrected chi connectivity index (χ1v) is 13.3. The van der Waals surface area contributed by atoms with Crippen LogP contribution < -0.4 is 15.5 Å². The molecule has 2 fully saturated rings. The summed E-state index contributed by atoms with van der Waals surface area (Å²) < 4.78 is 5.47. The van der Waals surface area contributed by atoms with Crippen molar-refractivity contribution in [2.24, 2.45) is 5.92 Å². The third-order valence-electron chi connectivity index (χ3n) is 6.91. The fraction of sp³-hybridized carbons (Fsp3) is 0.370. The molecule has 7 nitrogen and oxygen atoms in total. The molecule has 8 heteroatoms. The number of piperidine rings is 1. The van der Waals surface area contributed by atoms with Crippen molar-refractivity contribution in [2.75, 3.05) is 49.6 Å². The van der Waals surface area contributed by atoms with Crippen molar-refractivity contribution in [3.05, 3.63) is 59.7 Å². The van der Waals surface area contributed by atoms with Gasteiger partial charge in [0.25, 0.3) is 0 Å². The highest BCUT2D eigenvalue weighted by atomic mass is 32.1. The van der Waals surface area contributed by atoms with Crippen LogP contribution in [0.2, 0.25) is 0 Å². The number of anilines is 3. The second-order valence-electron chi connectivity index (χ2n) is 9.27. The Hall–Kier alpha value is -3.07. The topological polar surface area (TPSA) is 75.2 Å². The molecule has 2 aromatic heterocycles. The summed E-state index contributed by atoms with van der Waals surface area (Å²) in [5.74, 6) is 1.30. The number of aromatic nitrogens is 3. The number of nitrogens with zero attached hydrogens (tertiary/aromatic N) is 4. The van der Waals surface area contributed by atoms with Gasteiger partial charge in [0.15, 0.2) is 0 Å². The fourth-order valence-corrected chi connectivity index (χ4v) is 5.65. The van der Waals surface area contributed by atoms with Gasteiger partial charge < -0.3 is 20.3 Å². The Balaban J connectivity index is 1.28. The lowest BCUT2D eigenvalue weighted by atomic mass is 9.89. The van der Waals surface area contributed by atoms with Crippen molar-refractivity contribution < 1.29 is 4.74 Å². The summed E-state index contributed by atoms with van der Waals surface area (Å²) in [7, 11) is 0. The molecule has 180 valence electrons. The average molecular weight is 487 g/mol. The van der Waals surface area contributed by atoms with Crippen LogP contribution in [-0.4, -0.2) is 54.3 Å². The van der Waals surface area contributed by atoms with Gasteiger partial charge >= 0.3 is 0 Å². The Morgan fingerprint density at radius 2 is 1.89 bits per heavy atom. The first kappa shape index (κ1) is 22.4. The van der Waals surface area contributed by atoms with Crippen LogP contribution in [0.25, 0.3) is 21.5 Å². The smallest absolute Gasteiger partial charge is 0.227 e. The molecule has 2 saturated heterocycles. The third-order valence-corrected chi connectivity index (χ3v) is 7.73. The molecule has 0 atom stereocenters. The number of benzene rings is 2. The molecule has 0 saturated carbocycles. The maximum Gasteiger partial charge on any atom is 0.227 e. The number of ether oxygens (including phenoxy) is 1. The summed E-state index contributed by atoms with van der Waals surface area (Å²) in [4.78, 5) is 16.5. The normalized spacial score (nSPS) is 17.1. The van der Waals surface area contributed by atoms with Crippen molar-refractivity contribution in [3.63, 3.8) is 0 Å². The second-order valence-corrected chi connectivity index (χ2v) is 10.2. The molecule has 0 spiro atoms. The van der Waals surface area contributed by atoms with E-state index in [0.717, 1.165) is 73.0 Å². The van der Waals surface area contributed by atoms with Gasteiger partial charge in [-0.25, -0.2) is 15.0 Å². The van der Waals surface area contributed by atoms with Gasteiger partial charge in [0.1, 0.15) is 5.01 Å². The first-order valence-electron chi connectivity index (χ1n) is 12.4. The van der Waals surface area contributed by atoms with Gasteiger partial charge in [0, 0.05) is 53.2 Å². The molecule has 35 heavy (non-hydrogen) atoms. The van der Waals surface area contributed by atoms with Crippen LogP contribution in [0.4, 0.5) is 17.3 Å². The van der Waals surface area contributed by atoms with E-state index in [4.69, 9.17) is 9.72 Å². The predicted octanol–water partition coefficient (Wildman–Crippen LogP) is 4.88. The molecule has 6 rings (SSSR count). The maximum atomic E-state index is 5.47. The molecule has 0 bridgehead atoms. The number of rotatable bonds is 6. The van der Waals surface area contributed by atoms with Crippen LogP contribution in [0, 0.1) is 5.92 Å². The van der Waals surface area contributed by atoms with E-state index in [0.29, 0.717) is 11.9 Å². The van der Waals surface area contributed by atoms with E-state index in [1.54, 1.807) is 11.3 Å². The van der Waals surface area contributed by atoms with Crippen LogP contribution in [0.1, 0.15) is 18.4 Å². The highest BCUT2D eigenvalue weighted by molar-refractivity contribution is 7.13. The fourth-order valence-electron chi connectivity index (χ4n) is 5.03. The highest BCUT2D eigenvalue weighted by Gasteiger charge is 2.18. The molecule has 0 radical (unpaired) electrons. The van der Waals surface area contributed by atoms with Crippen molar-refractivity contribution in [3.8, 4) is 10.6 Å². The number of nitrogens with one attached hydrogen (secondary N) is 2. The number of thiazole rings is 1. The Morgan fingerprint density at radius 1 is 1.06 bits per heavy atom. The number of morpholine rings is 1. The van der Waals surface area contributed by atoms with Crippen molar-refractivity contribution >= 4 is 39.6 Å². The van der Waals surface area contributed by atoms with Gasteiger partial charge in [-0.1, -0.05) is 0 Å². The van der Waals surface area contributed by atoms with Crippen LogP contribution in [0.15, 0.2) is 54.2 Å². The van der Waals surface area contributed by atoms with E-state index in [2.05, 4.69) is 61.9 Å². The van der Waals surface area contributed by atoms with E-state index in [9.17, 15) is 0 Å². The average Bonchev–Trinajstić information content (AvgIpc) is 3.46. The number of hydrogen-bond acceptors (Lipinski definition) is 8. The third kappa shape index (κ3) is 5.15. The van der Waals surface area contributed by atoms with Crippen LogP contribution in [0.5, 0.6) is 0 Å². The van der Waals surface area contributed by atoms with Gasteiger partial charge in [-0.3, -0.25) is 0 Å². The molecule has 2 aliphatic rings. The maximum absolute atomic E-state index is 5.47. The zero-order valence-electron chi connectivity index (χ0n) is 19.7. The molecule has 4 aromatic rings. The first-order chi connectivity index (χ1) is 17.3. The molecular weight excluding hydrogens is 456 g/mol. The Kier molecular flexibility index (Phi) is 6.57. The minimum Gasteiger partial charge on any atom is -0.378 e. The molecule has 4 heterocycles. The van der Waals surface area contributed by atoms with E-state index < -0.39 is 0 Å². The molecule has 2 N–H and O–H groups in total. The Bertz CT molecular complexity index is 1270. The van der Waals surface area contributed by atoms with Gasteiger partial charge in [-0.05, 0) is 80.2 Å². The summed E-state index contributed by atoms with van der Waals surface area (Å²) in [6, 6.07) is 13.0. The molecule has 2 aromatic carbocycles. The molecular formula is C27H30N6OS. The second kappa shape index (κ2) is 10.3. The summed E-state index contributed by atoms with van der Waals surface area (Å²) in [5, 5.41) is 11.0. The highest BCUT2D eigenvalue weighted by Crippen LogP contribution is 2.31. The summed E-state index contributed by atoms with van der Waals surface area (Å²) in [5.41, 5.74) is 5.68. The summed E-state index contributed by atoms with van der Waals surface area (Å²) in [6.45, 7) is 5.63. The monoisotopic (exact) mass is 486 g/mol. The van der Waals surface area contributed by atoms with Gasteiger partial charge in [0.2, 0.25) is 5.95 Å². The van der Waals surface area contributed by atoms with Gasteiger partial charge in [-0.15, -0.1) is 11.3 Å². The van der Waals surface area contributed by atoms with E-state index in [1.807, 2.05) is 17.8 Å². The standard InChI is InChI=1S/C27H30N6OS/c1-3-24(33-10-12-34-13-11-33)4-2-23(1)31-27-30-18-22-17-21(26-29-9-14-35-26)16-20(25(22)32-27)15-19-5-7-28-8-6-19/h1-4,9,14,16-19,28H,5-8,10-13,15H2,(H,30,31,32). The Morgan fingerprint density at radius 3 is 2.66 bits per heavy atom. The predicted molar refractivity (Wildman–Crippen MR) is 143 cm³/mol. The van der Waals surface area contributed by atoms with Crippen molar-refractivity contribution in [1.82, 2.24) is 20.3 Å². The molecule has 0 aliphatic carbocycles. The summed E-state index contributed by atoms with van der Waals surface area (Å²) in [6.07, 6.45) is 7.24. The van der Waals surface area contributed by atoms with E-state index in [1.165, 1.54) is 24.1 Å². The van der Waals surface area contributed by atoms with Crippen LogP contribution in [0.3, 0.4) is 0 Å². The zero-order chi connectivity index (χ0) is 23.5. The number of hydrogen-bond donors (Lipinski definition) is 2. The largest absolute Gasteiger partial charge is 0.378 e. The lowest BCUT2D eigenvalue weighted by molar-refractivity contribution is 0.122. The van der Waals surface area contributed by atoms with Crippen LogP contribution in [-0.2, 0) is 11.2 Å². The van der Waals surface area contributed by atoms with Crippen LogP contribution >= 0.6 is 11.3 Å². The molecule has 0 amide bonds. The molecule has 2 aliphatic heterocycles. The lowest BCUT2D eigenvalue weighted by Crippen LogP contribution is -2.36. The Labute approximate surface area is 209 Å². The van der Waals surface area contributed by atoms with Crippen molar-refractivity contribution in [1.29, 1.82) is 0 Å². The van der Waals surface area contributed by atoms with Crippen molar-refractivity contribution in [2.45, 2.75) is 19.3 Å². The molecule has 0 unspecified atom stereocenters. The zero-order valence-corrected chi connectivity index (χ0v) is 20.6. The van der Waals surface area contributed by atoms with Gasteiger partial charge in [-0.2, -0.15) is 0 Å². The lowest BCUT2D eigenvalue weighted by Gasteiger charge is -2.28. The number of fused-ring (bicyclic) bond motifs is 1. The quantitative estimate of drug-likeness (QED) is 0.402.